The van der Waals surface area contributed by atoms with Crippen LogP contribution in [0.5, 0.6) is 5.75 Å². The molecule has 0 spiro atoms. The highest BCUT2D eigenvalue weighted by Crippen LogP contribution is 2.21. The first-order valence-electron chi connectivity index (χ1n) is 4.21. The van der Waals surface area contributed by atoms with Crippen molar-refractivity contribution < 1.29 is 13.5 Å². The van der Waals surface area contributed by atoms with Gasteiger partial charge in [-0.2, -0.15) is 4.39 Å². The third-order valence-corrected chi connectivity index (χ3v) is 2.70. The highest BCUT2D eigenvalue weighted by atomic mass is 35.5. The normalized spacial score (nSPS) is 10.4. The van der Waals surface area contributed by atoms with Crippen molar-refractivity contribution in [3.63, 3.8) is 0 Å². The lowest BCUT2D eigenvalue weighted by molar-refractivity contribution is 0.283. The molecule has 0 aliphatic heterocycles. The molecule has 2 rings (SSSR count). The third kappa shape index (κ3) is 2.45. The van der Waals surface area contributed by atoms with Crippen molar-refractivity contribution in [3.05, 3.63) is 39.3 Å². The predicted molar refractivity (Wildman–Crippen MR) is 55.6 cm³/mol. The quantitative estimate of drug-likeness (QED) is 0.853. The van der Waals surface area contributed by atoms with E-state index in [0.717, 1.165) is 17.4 Å². The predicted octanol–water partition coefficient (Wildman–Crippen LogP) is 3.05. The van der Waals surface area contributed by atoms with Crippen molar-refractivity contribution in [2.75, 3.05) is 0 Å². The van der Waals surface area contributed by atoms with E-state index in [4.69, 9.17) is 16.3 Å². The lowest BCUT2D eigenvalue weighted by atomic mass is 10.3. The molecule has 0 saturated carbocycles. The average Bonchev–Trinajstić information content (AvgIpc) is 2.67. The number of ether oxygens (including phenoxy) is 1. The number of benzene rings is 1. The van der Waals surface area contributed by atoms with E-state index in [1.54, 1.807) is 0 Å². The van der Waals surface area contributed by atoms with Crippen molar-refractivity contribution in [2.24, 2.45) is 0 Å². The van der Waals surface area contributed by atoms with E-state index >= 15 is 0 Å². The van der Waals surface area contributed by atoms with Crippen molar-refractivity contribution in [3.8, 4) is 5.75 Å². The van der Waals surface area contributed by atoms with Crippen LogP contribution in [0.25, 0.3) is 0 Å². The Hall–Kier alpha value is -1.27. The van der Waals surface area contributed by atoms with E-state index in [0.29, 0.717) is 5.01 Å². The second kappa shape index (κ2) is 4.71. The molecule has 0 saturated heterocycles. The summed E-state index contributed by atoms with van der Waals surface area (Å²) in [6.45, 7) is 0.00472. The van der Waals surface area contributed by atoms with Gasteiger partial charge in [0, 0.05) is 0 Å². The molecular formula is C9H5ClF2N2OS. The monoisotopic (exact) mass is 262 g/mol. The van der Waals surface area contributed by atoms with Crippen LogP contribution in [0.3, 0.4) is 0 Å². The Morgan fingerprint density at radius 1 is 1.31 bits per heavy atom. The molecule has 7 heteroatoms. The van der Waals surface area contributed by atoms with Crippen molar-refractivity contribution >= 4 is 22.9 Å². The molecule has 0 aliphatic rings. The topological polar surface area (TPSA) is 35.0 Å². The standard InChI is InChI=1S/C9H5ClF2N2OS/c10-9-14-13-7(16-9)4-15-6-3-1-2-5(11)8(6)12/h1-3H,4H2. The van der Waals surface area contributed by atoms with Crippen LogP contribution in [-0.4, -0.2) is 10.2 Å². The highest BCUT2D eigenvalue weighted by Gasteiger charge is 2.10. The van der Waals surface area contributed by atoms with Gasteiger partial charge in [-0.15, -0.1) is 10.2 Å². The molecule has 1 heterocycles. The van der Waals surface area contributed by atoms with Crippen LogP contribution in [0.2, 0.25) is 4.47 Å². The van der Waals surface area contributed by atoms with Crippen molar-refractivity contribution in [1.29, 1.82) is 0 Å². The van der Waals surface area contributed by atoms with E-state index < -0.39 is 11.6 Å². The zero-order valence-electron chi connectivity index (χ0n) is 7.78. The first-order chi connectivity index (χ1) is 7.66. The minimum Gasteiger partial charge on any atom is -0.483 e. The van der Waals surface area contributed by atoms with Gasteiger partial charge in [0.05, 0.1) is 0 Å². The van der Waals surface area contributed by atoms with E-state index in [1.807, 2.05) is 0 Å². The summed E-state index contributed by atoms with van der Waals surface area (Å²) in [5.74, 6) is -2.13. The van der Waals surface area contributed by atoms with Gasteiger partial charge in [-0.05, 0) is 23.7 Å². The van der Waals surface area contributed by atoms with Crippen LogP contribution in [0.4, 0.5) is 8.78 Å². The van der Waals surface area contributed by atoms with E-state index in [9.17, 15) is 8.78 Å². The van der Waals surface area contributed by atoms with E-state index in [1.165, 1.54) is 12.1 Å². The minimum atomic E-state index is -1.02. The summed E-state index contributed by atoms with van der Waals surface area (Å²) in [4.78, 5) is 0. The lowest BCUT2D eigenvalue weighted by Gasteiger charge is -2.04. The average molecular weight is 263 g/mol. The molecule has 0 N–H and O–H groups in total. The summed E-state index contributed by atoms with van der Waals surface area (Å²) in [5, 5.41) is 7.73. The fourth-order valence-electron chi connectivity index (χ4n) is 1.03. The maximum Gasteiger partial charge on any atom is 0.207 e. The second-order valence-corrected chi connectivity index (χ2v) is 4.43. The fourth-order valence-corrected chi connectivity index (χ4v) is 1.81. The zero-order valence-corrected chi connectivity index (χ0v) is 9.36. The van der Waals surface area contributed by atoms with Gasteiger partial charge in [-0.1, -0.05) is 17.4 Å². The van der Waals surface area contributed by atoms with Gasteiger partial charge in [0.1, 0.15) is 6.61 Å². The van der Waals surface area contributed by atoms with Gasteiger partial charge in [0.2, 0.25) is 10.3 Å². The summed E-state index contributed by atoms with van der Waals surface area (Å²) >= 11 is 6.67. The number of aromatic nitrogens is 2. The van der Waals surface area contributed by atoms with Crippen LogP contribution >= 0.6 is 22.9 Å². The number of nitrogens with zero attached hydrogens (tertiary/aromatic N) is 2. The summed E-state index contributed by atoms with van der Waals surface area (Å²) < 4.78 is 31.3. The van der Waals surface area contributed by atoms with Crippen LogP contribution in [0.1, 0.15) is 5.01 Å². The summed E-state index contributed by atoms with van der Waals surface area (Å²) in [7, 11) is 0. The van der Waals surface area contributed by atoms with Crippen molar-refractivity contribution in [1.82, 2.24) is 10.2 Å². The van der Waals surface area contributed by atoms with Gasteiger partial charge in [0.25, 0.3) is 0 Å². The maximum atomic E-state index is 13.2. The van der Waals surface area contributed by atoms with Crippen LogP contribution < -0.4 is 4.74 Å². The van der Waals surface area contributed by atoms with E-state index in [-0.39, 0.29) is 16.8 Å². The summed E-state index contributed by atoms with van der Waals surface area (Å²) in [6, 6.07) is 3.71. The maximum absolute atomic E-state index is 13.2. The number of rotatable bonds is 3. The summed E-state index contributed by atoms with van der Waals surface area (Å²) in [6.07, 6.45) is 0. The Balaban J connectivity index is 2.07. The Bertz CT molecular complexity index is 506. The molecule has 84 valence electrons. The first kappa shape index (κ1) is 11.2. The van der Waals surface area contributed by atoms with Gasteiger partial charge in [0.15, 0.2) is 16.6 Å². The third-order valence-electron chi connectivity index (χ3n) is 1.71. The number of hydrogen-bond donors (Lipinski definition) is 0. The Kier molecular flexibility index (Phi) is 3.31. The van der Waals surface area contributed by atoms with Crippen LogP contribution in [-0.2, 0) is 6.61 Å². The van der Waals surface area contributed by atoms with Gasteiger partial charge < -0.3 is 4.74 Å². The molecule has 0 fully saturated rings. The van der Waals surface area contributed by atoms with Crippen molar-refractivity contribution in [2.45, 2.75) is 6.61 Å². The Morgan fingerprint density at radius 2 is 2.12 bits per heavy atom. The largest absolute Gasteiger partial charge is 0.483 e. The molecule has 16 heavy (non-hydrogen) atoms. The van der Waals surface area contributed by atoms with Crippen LogP contribution in [0, 0.1) is 11.6 Å². The van der Waals surface area contributed by atoms with Crippen LogP contribution in [0.15, 0.2) is 18.2 Å². The molecule has 0 bridgehead atoms. The molecule has 0 radical (unpaired) electrons. The van der Waals surface area contributed by atoms with Gasteiger partial charge in [-0.3, -0.25) is 0 Å². The Labute approximate surface area is 98.6 Å². The fraction of sp³-hybridized carbons (Fsp3) is 0.111. The minimum absolute atomic E-state index is 0.00472. The summed E-state index contributed by atoms with van der Waals surface area (Å²) in [5.41, 5.74) is 0. The molecular weight excluding hydrogens is 258 g/mol. The zero-order chi connectivity index (χ0) is 11.5. The number of hydrogen-bond acceptors (Lipinski definition) is 4. The Morgan fingerprint density at radius 3 is 2.81 bits per heavy atom. The molecule has 0 amide bonds. The SMILES string of the molecule is Fc1cccc(OCc2nnc(Cl)s2)c1F. The molecule has 0 aliphatic carbocycles. The first-order valence-corrected chi connectivity index (χ1v) is 5.41. The smallest absolute Gasteiger partial charge is 0.207 e. The molecule has 2 aromatic rings. The lowest BCUT2D eigenvalue weighted by Crippen LogP contribution is -1.98. The molecule has 3 nitrogen and oxygen atoms in total. The second-order valence-electron chi connectivity index (χ2n) is 2.79. The van der Waals surface area contributed by atoms with Gasteiger partial charge in [-0.25, -0.2) is 4.39 Å². The molecule has 0 unspecified atom stereocenters. The molecule has 0 atom stereocenters. The van der Waals surface area contributed by atoms with Gasteiger partial charge >= 0.3 is 0 Å². The molecule has 1 aromatic carbocycles. The highest BCUT2D eigenvalue weighted by molar-refractivity contribution is 7.15. The van der Waals surface area contributed by atoms with E-state index in [2.05, 4.69) is 10.2 Å². The number of halogens is 3. The molecule has 1 aromatic heterocycles.